The van der Waals surface area contributed by atoms with Gasteiger partial charge in [0, 0.05) is 18.8 Å². The number of nitrogens with zero attached hydrogens (tertiary/aromatic N) is 4. The smallest absolute Gasteiger partial charge is 0.264 e. The molecule has 0 amide bonds. The molecule has 0 unspecified atom stereocenters. The van der Waals surface area contributed by atoms with Gasteiger partial charge in [0.1, 0.15) is 11.8 Å². The number of hydrogen-bond donors (Lipinski definition) is 1. The van der Waals surface area contributed by atoms with E-state index >= 15 is 0 Å². The Morgan fingerprint density at radius 3 is 3.00 bits per heavy atom. The van der Waals surface area contributed by atoms with Gasteiger partial charge in [-0.15, -0.1) is 0 Å². The molecule has 2 aromatic heterocycles. The molecule has 0 bridgehead atoms. The minimum atomic E-state index is 0.508. The van der Waals surface area contributed by atoms with E-state index in [9.17, 15) is 0 Å². The lowest BCUT2D eigenvalue weighted by atomic mass is 10.3. The van der Waals surface area contributed by atoms with E-state index < -0.39 is 0 Å². The summed E-state index contributed by atoms with van der Waals surface area (Å²) in [5.74, 6) is 0. The third kappa shape index (κ3) is 1.74. The monoisotopic (exact) mass is 247 g/mol. The van der Waals surface area contributed by atoms with Crippen molar-refractivity contribution >= 4 is 28.5 Å². The van der Waals surface area contributed by atoms with Crippen molar-refractivity contribution in [2.75, 3.05) is 5.73 Å². The average Bonchev–Trinajstić information content (AvgIpc) is 2.87. The standard InChI is InChI=1S/C10H9N5OS/c1-15-9(12-5-13-15)17-10-14-8-6(11)3-2-4-7(8)16-10/h2-5H,11H2,1H3. The Morgan fingerprint density at radius 2 is 2.29 bits per heavy atom. The van der Waals surface area contributed by atoms with E-state index in [4.69, 9.17) is 10.2 Å². The first kappa shape index (κ1) is 10.2. The molecule has 0 radical (unpaired) electrons. The van der Waals surface area contributed by atoms with Crippen molar-refractivity contribution in [3.63, 3.8) is 0 Å². The number of nitrogens with two attached hydrogens (primary N) is 1. The fourth-order valence-electron chi connectivity index (χ4n) is 1.45. The number of fused-ring (bicyclic) bond motifs is 1. The van der Waals surface area contributed by atoms with Crippen LogP contribution in [0.2, 0.25) is 0 Å². The molecule has 6 nitrogen and oxygen atoms in total. The first-order valence-corrected chi connectivity index (χ1v) is 5.72. The van der Waals surface area contributed by atoms with Gasteiger partial charge in [0.05, 0.1) is 5.69 Å². The molecular formula is C10H9N5OS. The van der Waals surface area contributed by atoms with Crippen LogP contribution in [0.3, 0.4) is 0 Å². The predicted octanol–water partition coefficient (Wildman–Crippen LogP) is 1.69. The van der Waals surface area contributed by atoms with E-state index in [-0.39, 0.29) is 0 Å². The molecule has 3 aromatic rings. The Kier molecular flexibility index (Phi) is 2.25. The zero-order valence-electron chi connectivity index (χ0n) is 8.99. The highest BCUT2D eigenvalue weighted by Gasteiger charge is 2.12. The van der Waals surface area contributed by atoms with Crippen molar-refractivity contribution in [1.82, 2.24) is 19.7 Å². The molecular weight excluding hydrogens is 238 g/mol. The lowest BCUT2D eigenvalue weighted by Gasteiger charge is -1.93. The van der Waals surface area contributed by atoms with Gasteiger partial charge in [-0.3, -0.25) is 0 Å². The van der Waals surface area contributed by atoms with Crippen molar-refractivity contribution in [1.29, 1.82) is 0 Å². The normalized spacial score (nSPS) is 11.1. The molecule has 2 N–H and O–H groups in total. The molecule has 1 aromatic carbocycles. The van der Waals surface area contributed by atoms with Crippen LogP contribution in [0, 0.1) is 0 Å². The number of aromatic nitrogens is 4. The van der Waals surface area contributed by atoms with Crippen LogP contribution in [0.15, 0.2) is 39.3 Å². The molecule has 0 fully saturated rings. The van der Waals surface area contributed by atoms with Gasteiger partial charge >= 0.3 is 0 Å². The zero-order valence-corrected chi connectivity index (χ0v) is 9.81. The van der Waals surface area contributed by atoms with Gasteiger partial charge in [-0.1, -0.05) is 6.07 Å². The molecule has 86 valence electrons. The van der Waals surface area contributed by atoms with E-state index in [1.54, 1.807) is 10.7 Å². The molecule has 17 heavy (non-hydrogen) atoms. The predicted molar refractivity (Wildman–Crippen MR) is 63.5 cm³/mol. The highest BCUT2D eigenvalue weighted by molar-refractivity contribution is 7.99. The Balaban J connectivity index is 2.02. The number of anilines is 1. The minimum Gasteiger partial charge on any atom is -0.431 e. The molecule has 0 aliphatic carbocycles. The minimum absolute atomic E-state index is 0.508. The summed E-state index contributed by atoms with van der Waals surface area (Å²) in [6.45, 7) is 0. The van der Waals surface area contributed by atoms with Gasteiger partial charge < -0.3 is 10.2 Å². The molecule has 0 aliphatic heterocycles. The van der Waals surface area contributed by atoms with Crippen molar-refractivity contribution in [2.24, 2.45) is 7.05 Å². The third-order valence-corrected chi connectivity index (χ3v) is 3.18. The third-order valence-electron chi connectivity index (χ3n) is 2.28. The van der Waals surface area contributed by atoms with Gasteiger partial charge in [0.2, 0.25) is 0 Å². The van der Waals surface area contributed by atoms with Crippen LogP contribution in [-0.4, -0.2) is 19.7 Å². The first-order chi connectivity index (χ1) is 8.24. The van der Waals surface area contributed by atoms with Crippen LogP contribution < -0.4 is 5.73 Å². The van der Waals surface area contributed by atoms with Gasteiger partial charge in [-0.2, -0.15) is 5.10 Å². The topological polar surface area (TPSA) is 82.8 Å². The van der Waals surface area contributed by atoms with Gasteiger partial charge in [0.25, 0.3) is 5.22 Å². The largest absolute Gasteiger partial charge is 0.431 e. The SMILES string of the molecule is Cn1ncnc1Sc1nc2c(N)cccc2o1. The van der Waals surface area contributed by atoms with Crippen LogP contribution >= 0.6 is 11.8 Å². The summed E-state index contributed by atoms with van der Waals surface area (Å²) in [7, 11) is 1.81. The quantitative estimate of drug-likeness (QED) is 0.694. The number of oxazole rings is 1. The molecule has 7 heteroatoms. The summed E-state index contributed by atoms with van der Waals surface area (Å²) in [6, 6.07) is 5.46. The highest BCUT2D eigenvalue weighted by atomic mass is 32.2. The molecule has 2 heterocycles. The molecule has 0 saturated heterocycles. The Labute approximate surface area is 101 Å². The summed E-state index contributed by atoms with van der Waals surface area (Å²) < 4.78 is 7.22. The summed E-state index contributed by atoms with van der Waals surface area (Å²) >= 11 is 1.31. The maximum Gasteiger partial charge on any atom is 0.264 e. The summed E-state index contributed by atoms with van der Waals surface area (Å²) in [4.78, 5) is 8.41. The van der Waals surface area contributed by atoms with Crippen molar-refractivity contribution in [3.05, 3.63) is 24.5 Å². The van der Waals surface area contributed by atoms with E-state index in [1.807, 2.05) is 19.2 Å². The Morgan fingerprint density at radius 1 is 1.41 bits per heavy atom. The summed E-state index contributed by atoms with van der Waals surface area (Å²) in [5.41, 5.74) is 7.77. The molecule has 0 saturated carbocycles. The van der Waals surface area contributed by atoms with Crippen molar-refractivity contribution < 1.29 is 4.42 Å². The average molecular weight is 247 g/mol. The van der Waals surface area contributed by atoms with Crippen LogP contribution in [0.25, 0.3) is 11.1 Å². The molecule has 0 aliphatic rings. The van der Waals surface area contributed by atoms with Gasteiger partial charge in [-0.05, 0) is 12.1 Å². The number of benzene rings is 1. The number of rotatable bonds is 2. The van der Waals surface area contributed by atoms with Crippen LogP contribution in [-0.2, 0) is 7.05 Å². The number of hydrogen-bond acceptors (Lipinski definition) is 6. The second-order valence-electron chi connectivity index (χ2n) is 3.44. The van der Waals surface area contributed by atoms with Crippen LogP contribution in [0.5, 0.6) is 0 Å². The number of para-hydroxylation sites is 1. The number of nitrogen functional groups attached to an aromatic ring is 1. The Bertz CT molecular complexity index is 674. The number of aryl methyl sites for hydroxylation is 1. The van der Waals surface area contributed by atoms with E-state index in [0.717, 1.165) is 5.16 Å². The summed E-state index contributed by atoms with van der Waals surface area (Å²) in [5, 5.41) is 5.20. The second kappa shape index (κ2) is 3.77. The highest BCUT2D eigenvalue weighted by Crippen LogP contribution is 2.29. The first-order valence-electron chi connectivity index (χ1n) is 4.91. The van der Waals surface area contributed by atoms with Gasteiger partial charge in [0.15, 0.2) is 10.7 Å². The lowest BCUT2D eigenvalue weighted by molar-refractivity contribution is 0.487. The van der Waals surface area contributed by atoms with Crippen LogP contribution in [0.1, 0.15) is 0 Å². The van der Waals surface area contributed by atoms with E-state index in [1.165, 1.54) is 18.1 Å². The lowest BCUT2D eigenvalue weighted by Crippen LogP contribution is -1.92. The maximum atomic E-state index is 5.81. The molecule has 3 rings (SSSR count). The fourth-order valence-corrected chi connectivity index (χ4v) is 2.15. The van der Waals surface area contributed by atoms with Gasteiger partial charge in [-0.25, -0.2) is 14.6 Å². The summed E-state index contributed by atoms with van der Waals surface area (Å²) in [6.07, 6.45) is 1.49. The molecule has 0 spiro atoms. The van der Waals surface area contributed by atoms with Crippen molar-refractivity contribution in [3.8, 4) is 0 Å². The maximum absolute atomic E-state index is 5.81. The fraction of sp³-hybridized carbons (Fsp3) is 0.100. The Hall–Kier alpha value is -2.02. The molecule has 0 atom stereocenters. The van der Waals surface area contributed by atoms with E-state index in [0.29, 0.717) is 22.0 Å². The van der Waals surface area contributed by atoms with Crippen molar-refractivity contribution in [2.45, 2.75) is 10.4 Å². The van der Waals surface area contributed by atoms with E-state index in [2.05, 4.69) is 15.1 Å². The second-order valence-corrected chi connectivity index (χ2v) is 4.36. The van der Waals surface area contributed by atoms with Crippen LogP contribution in [0.4, 0.5) is 5.69 Å². The zero-order chi connectivity index (χ0) is 11.8.